The van der Waals surface area contributed by atoms with Gasteiger partial charge < -0.3 is 4.74 Å². The third-order valence-electron chi connectivity index (χ3n) is 2.82. The van der Waals surface area contributed by atoms with E-state index in [2.05, 4.69) is 16.8 Å². The fourth-order valence-electron chi connectivity index (χ4n) is 1.82. The molecule has 0 N–H and O–H groups in total. The van der Waals surface area contributed by atoms with E-state index in [-0.39, 0.29) is 0 Å². The maximum atomic E-state index is 5.83. The van der Waals surface area contributed by atoms with Gasteiger partial charge in [-0.2, -0.15) is 0 Å². The van der Waals surface area contributed by atoms with E-state index in [4.69, 9.17) is 16.3 Å². The summed E-state index contributed by atoms with van der Waals surface area (Å²) in [5.41, 5.74) is 3.26. The van der Waals surface area contributed by atoms with Crippen molar-refractivity contribution in [3.8, 4) is 17.6 Å². The zero-order chi connectivity index (χ0) is 14.2. The minimum Gasteiger partial charge on any atom is -0.492 e. The first-order valence-electron chi connectivity index (χ1n) is 6.47. The summed E-state index contributed by atoms with van der Waals surface area (Å²) in [6.07, 6.45) is 4.43. The summed E-state index contributed by atoms with van der Waals surface area (Å²) in [5, 5.41) is 0. The Morgan fingerprint density at radius 2 is 2.00 bits per heavy atom. The first-order valence-corrected chi connectivity index (χ1v) is 7.00. The molecule has 0 saturated carbocycles. The molecule has 1 aromatic carbocycles. The Bertz CT molecular complexity index is 614. The number of halogens is 1. The summed E-state index contributed by atoms with van der Waals surface area (Å²) in [6, 6.07) is 9.98. The molecule has 0 aliphatic carbocycles. The average molecular weight is 286 g/mol. The van der Waals surface area contributed by atoms with Gasteiger partial charge in [-0.15, -0.1) is 11.6 Å². The molecule has 0 saturated heterocycles. The normalized spacial score (nSPS) is 9.70. The highest BCUT2D eigenvalue weighted by Crippen LogP contribution is 2.19. The number of nitrogens with zero attached hydrogens (tertiary/aromatic N) is 1. The van der Waals surface area contributed by atoms with E-state index in [0.29, 0.717) is 12.5 Å². The number of alkyl halides is 1. The Labute approximate surface area is 124 Å². The summed E-state index contributed by atoms with van der Waals surface area (Å²) < 4.78 is 5.83. The highest BCUT2D eigenvalue weighted by atomic mass is 35.5. The molecule has 0 atom stereocenters. The Morgan fingerprint density at radius 1 is 1.20 bits per heavy atom. The third-order valence-corrected chi connectivity index (χ3v) is 2.96. The first-order chi connectivity index (χ1) is 9.79. The molecule has 0 aliphatic heterocycles. The molecule has 3 heteroatoms. The highest BCUT2D eigenvalue weighted by Gasteiger charge is 2.02. The maximum absolute atomic E-state index is 5.83. The van der Waals surface area contributed by atoms with Crippen molar-refractivity contribution in [2.75, 3.05) is 12.5 Å². The highest BCUT2D eigenvalue weighted by molar-refractivity contribution is 6.19. The zero-order valence-electron chi connectivity index (χ0n) is 11.4. The Kier molecular flexibility index (Phi) is 5.46. The van der Waals surface area contributed by atoms with Crippen LogP contribution in [0.2, 0.25) is 0 Å². The second-order valence-electron chi connectivity index (χ2n) is 4.39. The standard InChI is InChI=1S/C17H16ClNO/c1-14-4-5-17(16(13-14)3-2-9-18)20-12-8-15-6-10-19-11-7-15/h4-7,10-11,13H,8-9,12H2,1H3. The van der Waals surface area contributed by atoms with Crippen molar-refractivity contribution in [2.24, 2.45) is 0 Å². The molecule has 2 rings (SSSR count). The van der Waals surface area contributed by atoms with E-state index in [1.807, 2.05) is 37.3 Å². The van der Waals surface area contributed by atoms with Gasteiger partial charge >= 0.3 is 0 Å². The van der Waals surface area contributed by atoms with Crippen LogP contribution in [-0.2, 0) is 6.42 Å². The molecule has 0 aliphatic rings. The molecule has 0 unspecified atom stereocenters. The van der Waals surface area contributed by atoms with Gasteiger partial charge in [-0.3, -0.25) is 4.98 Å². The molecule has 0 radical (unpaired) electrons. The molecule has 0 bridgehead atoms. The summed E-state index contributed by atoms with van der Waals surface area (Å²) in [4.78, 5) is 4.00. The molecule has 102 valence electrons. The lowest BCUT2D eigenvalue weighted by Gasteiger charge is -2.09. The molecular formula is C17H16ClNO. The molecule has 1 aromatic heterocycles. The van der Waals surface area contributed by atoms with Crippen LogP contribution in [0.4, 0.5) is 0 Å². The van der Waals surface area contributed by atoms with Crippen LogP contribution in [0, 0.1) is 18.8 Å². The topological polar surface area (TPSA) is 22.1 Å². The van der Waals surface area contributed by atoms with Gasteiger partial charge in [0.05, 0.1) is 18.1 Å². The van der Waals surface area contributed by atoms with Crippen LogP contribution >= 0.6 is 11.6 Å². The van der Waals surface area contributed by atoms with Gasteiger partial charge in [-0.05, 0) is 42.3 Å². The zero-order valence-corrected chi connectivity index (χ0v) is 12.2. The lowest BCUT2D eigenvalue weighted by Crippen LogP contribution is -2.03. The van der Waals surface area contributed by atoms with E-state index in [1.54, 1.807) is 12.4 Å². The van der Waals surface area contributed by atoms with Crippen molar-refractivity contribution in [2.45, 2.75) is 13.3 Å². The van der Waals surface area contributed by atoms with E-state index < -0.39 is 0 Å². The van der Waals surface area contributed by atoms with Gasteiger partial charge in [-0.25, -0.2) is 0 Å². The van der Waals surface area contributed by atoms with Crippen LogP contribution in [0.3, 0.4) is 0 Å². The predicted molar refractivity (Wildman–Crippen MR) is 82.2 cm³/mol. The smallest absolute Gasteiger partial charge is 0.134 e. The second-order valence-corrected chi connectivity index (χ2v) is 4.66. The average Bonchev–Trinajstić information content (AvgIpc) is 2.48. The lowest BCUT2D eigenvalue weighted by atomic mass is 10.1. The third kappa shape index (κ3) is 4.29. The maximum Gasteiger partial charge on any atom is 0.134 e. The summed E-state index contributed by atoms with van der Waals surface area (Å²) in [5.74, 6) is 7.03. The summed E-state index contributed by atoms with van der Waals surface area (Å²) in [7, 11) is 0. The Balaban J connectivity index is 2.02. The number of aromatic nitrogens is 1. The Hall–Kier alpha value is -1.98. The number of aryl methyl sites for hydroxylation is 1. The molecule has 2 nitrogen and oxygen atoms in total. The molecule has 0 fully saturated rings. The van der Waals surface area contributed by atoms with Crippen LogP contribution in [0.25, 0.3) is 0 Å². The number of pyridine rings is 1. The van der Waals surface area contributed by atoms with Crippen LogP contribution in [0.15, 0.2) is 42.7 Å². The van der Waals surface area contributed by atoms with Gasteiger partial charge in [0.25, 0.3) is 0 Å². The van der Waals surface area contributed by atoms with Crippen LogP contribution < -0.4 is 4.74 Å². The molecular weight excluding hydrogens is 270 g/mol. The minimum absolute atomic E-state index is 0.324. The number of ether oxygens (including phenoxy) is 1. The van der Waals surface area contributed by atoms with Gasteiger partial charge in [0.1, 0.15) is 5.75 Å². The van der Waals surface area contributed by atoms with E-state index >= 15 is 0 Å². The number of benzene rings is 1. The van der Waals surface area contributed by atoms with Gasteiger partial charge in [0.15, 0.2) is 0 Å². The number of hydrogen-bond acceptors (Lipinski definition) is 2. The molecule has 1 heterocycles. The van der Waals surface area contributed by atoms with E-state index in [0.717, 1.165) is 23.3 Å². The fraction of sp³-hybridized carbons (Fsp3) is 0.235. The second kappa shape index (κ2) is 7.57. The van der Waals surface area contributed by atoms with Crippen molar-refractivity contribution in [3.05, 3.63) is 59.4 Å². The number of rotatable bonds is 4. The predicted octanol–water partition coefficient (Wildman–Crippen LogP) is 3.60. The molecule has 0 spiro atoms. The first kappa shape index (κ1) is 14.4. The SMILES string of the molecule is Cc1ccc(OCCc2ccncc2)c(C#CCCl)c1. The Morgan fingerprint density at radius 3 is 2.75 bits per heavy atom. The minimum atomic E-state index is 0.324. The largest absolute Gasteiger partial charge is 0.492 e. The number of hydrogen-bond donors (Lipinski definition) is 0. The van der Waals surface area contributed by atoms with Crippen LogP contribution in [-0.4, -0.2) is 17.5 Å². The molecule has 20 heavy (non-hydrogen) atoms. The van der Waals surface area contributed by atoms with Gasteiger partial charge in [-0.1, -0.05) is 17.9 Å². The molecule has 2 aromatic rings. The van der Waals surface area contributed by atoms with Crippen molar-refractivity contribution in [3.63, 3.8) is 0 Å². The lowest BCUT2D eigenvalue weighted by molar-refractivity contribution is 0.321. The van der Waals surface area contributed by atoms with Crippen LogP contribution in [0.1, 0.15) is 16.7 Å². The van der Waals surface area contributed by atoms with Crippen LogP contribution in [0.5, 0.6) is 5.75 Å². The van der Waals surface area contributed by atoms with Crippen molar-refractivity contribution in [1.82, 2.24) is 4.98 Å². The fourth-order valence-corrected chi connectivity index (χ4v) is 1.89. The molecule has 0 amide bonds. The quantitative estimate of drug-likeness (QED) is 0.632. The summed E-state index contributed by atoms with van der Waals surface area (Å²) in [6.45, 7) is 2.65. The van der Waals surface area contributed by atoms with Crippen molar-refractivity contribution < 1.29 is 4.74 Å². The summed E-state index contributed by atoms with van der Waals surface area (Å²) >= 11 is 5.61. The van der Waals surface area contributed by atoms with Gasteiger partial charge in [0, 0.05) is 18.8 Å². The monoisotopic (exact) mass is 285 g/mol. The van der Waals surface area contributed by atoms with Gasteiger partial charge in [0.2, 0.25) is 0 Å². The van der Waals surface area contributed by atoms with E-state index in [1.165, 1.54) is 5.56 Å². The van der Waals surface area contributed by atoms with Crippen molar-refractivity contribution >= 4 is 11.6 Å². The van der Waals surface area contributed by atoms with E-state index in [9.17, 15) is 0 Å². The van der Waals surface area contributed by atoms with Crippen molar-refractivity contribution in [1.29, 1.82) is 0 Å².